The molecule has 5 heteroatoms. The Hall–Kier alpha value is -1.49. The molecule has 0 heterocycles. The second-order valence-corrected chi connectivity index (χ2v) is 9.14. The lowest BCUT2D eigenvalue weighted by Crippen LogP contribution is -2.30. The van der Waals surface area contributed by atoms with Crippen LogP contribution >= 0.6 is 12.6 Å². The summed E-state index contributed by atoms with van der Waals surface area (Å²) >= 11 is 4.65. The highest BCUT2D eigenvalue weighted by Gasteiger charge is 2.28. The molecule has 0 amide bonds. The first-order chi connectivity index (χ1) is 11.9. The van der Waals surface area contributed by atoms with Crippen molar-refractivity contribution < 1.29 is 19.1 Å². The van der Waals surface area contributed by atoms with Gasteiger partial charge in [-0.25, -0.2) is 0 Å². The van der Waals surface area contributed by atoms with Gasteiger partial charge in [0.2, 0.25) is 0 Å². The average Bonchev–Trinajstić information content (AvgIpc) is 2.48. The molecule has 0 saturated carbocycles. The lowest BCUT2D eigenvalue weighted by atomic mass is 9.94. The van der Waals surface area contributed by atoms with Gasteiger partial charge in [0.05, 0.1) is 5.92 Å². The number of rotatable bonds is 7. The lowest BCUT2D eigenvalue weighted by Gasteiger charge is -2.26. The Labute approximate surface area is 163 Å². The highest BCUT2D eigenvalue weighted by molar-refractivity contribution is 7.80. The second-order valence-electron chi connectivity index (χ2n) is 8.52. The first-order valence-corrected chi connectivity index (χ1v) is 9.57. The third-order valence-corrected chi connectivity index (χ3v) is 4.06. The van der Waals surface area contributed by atoms with Crippen molar-refractivity contribution in [3.63, 3.8) is 0 Å². The molecular formula is C21H32O4S. The minimum Gasteiger partial charge on any atom is -0.460 e. The van der Waals surface area contributed by atoms with Gasteiger partial charge < -0.3 is 9.47 Å². The number of hydrogen-bond donors (Lipinski definition) is 1. The predicted molar refractivity (Wildman–Crippen MR) is 107 cm³/mol. The molecule has 146 valence electrons. The monoisotopic (exact) mass is 380 g/mol. The summed E-state index contributed by atoms with van der Waals surface area (Å²) in [5, 5.41) is -0.104. The zero-order valence-corrected chi connectivity index (χ0v) is 17.6. The van der Waals surface area contributed by atoms with Crippen LogP contribution in [-0.2, 0) is 19.1 Å². The zero-order valence-electron chi connectivity index (χ0n) is 16.7. The molecule has 0 bridgehead atoms. The maximum atomic E-state index is 12.6. The number of carbonyl (C=O) groups excluding carboxylic acids is 2. The van der Waals surface area contributed by atoms with E-state index in [2.05, 4.69) is 12.6 Å². The molecule has 1 rings (SSSR count). The normalized spacial score (nSPS) is 14.4. The Morgan fingerprint density at radius 2 is 1.50 bits per heavy atom. The van der Waals surface area contributed by atoms with Crippen molar-refractivity contribution in [2.75, 3.05) is 0 Å². The van der Waals surface area contributed by atoms with Crippen LogP contribution in [0.4, 0.5) is 0 Å². The highest BCUT2D eigenvalue weighted by atomic mass is 32.1. The fourth-order valence-electron chi connectivity index (χ4n) is 2.48. The molecular weight excluding hydrogens is 348 g/mol. The van der Waals surface area contributed by atoms with E-state index in [0.29, 0.717) is 12.8 Å². The second kappa shape index (κ2) is 9.45. The van der Waals surface area contributed by atoms with E-state index in [-0.39, 0.29) is 23.6 Å². The smallest absolute Gasteiger partial charge is 0.309 e. The van der Waals surface area contributed by atoms with E-state index in [4.69, 9.17) is 9.47 Å². The van der Waals surface area contributed by atoms with Crippen LogP contribution in [0.25, 0.3) is 0 Å². The molecule has 0 aliphatic rings. The Morgan fingerprint density at radius 1 is 0.962 bits per heavy atom. The largest absolute Gasteiger partial charge is 0.460 e. The minimum atomic E-state index is -0.569. The summed E-state index contributed by atoms with van der Waals surface area (Å²) < 4.78 is 10.9. The van der Waals surface area contributed by atoms with Gasteiger partial charge in [0, 0.05) is 11.7 Å². The molecule has 0 spiro atoms. The van der Waals surface area contributed by atoms with Crippen molar-refractivity contribution in [3.05, 3.63) is 35.9 Å². The van der Waals surface area contributed by atoms with E-state index in [1.807, 2.05) is 71.9 Å². The third kappa shape index (κ3) is 9.27. The Bertz CT molecular complexity index is 584. The molecule has 0 aliphatic carbocycles. The maximum absolute atomic E-state index is 12.6. The van der Waals surface area contributed by atoms with Gasteiger partial charge in [-0.3, -0.25) is 9.59 Å². The number of carbonyl (C=O) groups is 2. The van der Waals surface area contributed by atoms with E-state index in [9.17, 15) is 9.59 Å². The van der Waals surface area contributed by atoms with Crippen LogP contribution in [0.3, 0.4) is 0 Å². The number of thiol groups is 1. The van der Waals surface area contributed by atoms with Crippen molar-refractivity contribution in [3.8, 4) is 0 Å². The predicted octanol–water partition coefficient (Wildman–Crippen LogP) is 5.13. The van der Waals surface area contributed by atoms with Crippen molar-refractivity contribution in [2.45, 2.75) is 77.3 Å². The molecule has 1 aromatic carbocycles. The Morgan fingerprint density at radius 3 is 2.00 bits per heavy atom. The first-order valence-electron chi connectivity index (χ1n) is 9.05. The van der Waals surface area contributed by atoms with Gasteiger partial charge in [-0.15, -0.1) is 0 Å². The average molecular weight is 381 g/mol. The molecule has 0 aliphatic heterocycles. The molecule has 0 fully saturated rings. The quantitative estimate of drug-likeness (QED) is 0.526. The van der Waals surface area contributed by atoms with E-state index in [1.54, 1.807) is 0 Å². The fourth-order valence-corrected chi connectivity index (χ4v) is 2.91. The van der Waals surface area contributed by atoms with Crippen LogP contribution in [0.15, 0.2) is 30.3 Å². The minimum absolute atomic E-state index is 0.104. The van der Waals surface area contributed by atoms with Crippen LogP contribution in [-0.4, -0.2) is 23.1 Å². The van der Waals surface area contributed by atoms with Gasteiger partial charge in [0.1, 0.15) is 11.2 Å². The summed E-state index contributed by atoms with van der Waals surface area (Å²) in [5.74, 6) is -1.01. The lowest BCUT2D eigenvalue weighted by molar-refractivity contribution is -0.161. The maximum Gasteiger partial charge on any atom is 0.309 e. The summed E-state index contributed by atoms with van der Waals surface area (Å²) in [6.45, 7) is 11.0. The summed E-state index contributed by atoms with van der Waals surface area (Å²) in [6.07, 6.45) is 1.06. The summed E-state index contributed by atoms with van der Waals surface area (Å²) in [7, 11) is 0. The fraction of sp³-hybridized carbons (Fsp3) is 0.619. The molecule has 0 aromatic heterocycles. The van der Waals surface area contributed by atoms with Crippen LogP contribution in [0.1, 0.15) is 71.6 Å². The topological polar surface area (TPSA) is 52.6 Å². The van der Waals surface area contributed by atoms with E-state index in [1.165, 1.54) is 0 Å². The first kappa shape index (κ1) is 22.6. The molecule has 2 atom stereocenters. The van der Waals surface area contributed by atoms with Gasteiger partial charge >= 0.3 is 11.9 Å². The van der Waals surface area contributed by atoms with Gasteiger partial charge in [0.25, 0.3) is 0 Å². The third-order valence-electron chi connectivity index (χ3n) is 3.55. The van der Waals surface area contributed by atoms with E-state index < -0.39 is 17.1 Å². The van der Waals surface area contributed by atoms with Crippen LogP contribution < -0.4 is 0 Å². The van der Waals surface area contributed by atoms with Gasteiger partial charge in [-0.2, -0.15) is 12.6 Å². The van der Waals surface area contributed by atoms with Gasteiger partial charge in [-0.1, -0.05) is 30.3 Å². The summed E-state index contributed by atoms with van der Waals surface area (Å²) in [5.41, 5.74) is -0.0593. The Balaban J connectivity index is 2.78. The molecule has 0 saturated heterocycles. The molecule has 2 unspecified atom stereocenters. The van der Waals surface area contributed by atoms with Crippen LogP contribution in [0.2, 0.25) is 0 Å². The van der Waals surface area contributed by atoms with Crippen molar-refractivity contribution in [1.82, 2.24) is 0 Å². The summed E-state index contributed by atoms with van der Waals surface area (Å²) in [4.78, 5) is 24.6. The number of benzene rings is 1. The van der Waals surface area contributed by atoms with E-state index in [0.717, 1.165) is 5.56 Å². The van der Waals surface area contributed by atoms with Crippen LogP contribution in [0, 0.1) is 5.92 Å². The Kier molecular flexibility index (Phi) is 8.19. The number of esters is 2. The van der Waals surface area contributed by atoms with E-state index >= 15 is 0 Å². The van der Waals surface area contributed by atoms with Crippen LogP contribution in [0.5, 0.6) is 0 Å². The van der Waals surface area contributed by atoms with Gasteiger partial charge in [-0.05, 0) is 59.9 Å². The van der Waals surface area contributed by atoms with Gasteiger partial charge in [0.15, 0.2) is 0 Å². The summed E-state index contributed by atoms with van der Waals surface area (Å²) in [6, 6.07) is 9.80. The molecule has 0 radical (unpaired) electrons. The van der Waals surface area contributed by atoms with Crippen molar-refractivity contribution in [1.29, 1.82) is 0 Å². The SMILES string of the molecule is CC(C)(C)OC(=O)CCC(CC(S)c1ccccc1)C(=O)OC(C)(C)C. The molecule has 1 aromatic rings. The molecule has 4 nitrogen and oxygen atoms in total. The standard InChI is InChI=1S/C21H32O4S/c1-20(2,3)24-18(22)13-12-16(19(23)25-21(4,5)6)14-17(26)15-10-8-7-9-11-15/h7-11,16-17,26H,12-14H2,1-6H3. The highest BCUT2D eigenvalue weighted by Crippen LogP contribution is 2.31. The molecule has 26 heavy (non-hydrogen) atoms. The zero-order chi connectivity index (χ0) is 20.0. The van der Waals surface area contributed by atoms with Crippen molar-refractivity contribution in [2.24, 2.45) is 5.92 Å². The van der Waals surface area contributed by atoms with Crippen molar-refractivity contribution >= 4 is 24.6 Å². The number of ether oxygens (including phenoxy) is 2. The molecule has 0 N–H and O–H groups in total. The number of hydrogen-bond acceptors (Lipinski definition) is 5.